The van der Waals surface area contributed by atoms with Gasteiger partial charge in [0.05, 0.1) is 23.1 Å². The summed E-state index contributed by atoms with van der Waals surface area (Å²) in [6.07, 6.45) is -4.24. The highest BCUT2D eigenvalue weighted by Crippen LogP contribution is 2.57. The Bertz CT molecular complexity index is 532. The zero-order valence-electron chi connectivity index (χ0n) is 10.8. The van der Waals surface area contributed by atoms with E-state index in [0.29, 0.717) is 0 Å². The van der Waals surface area contributed by atoms with Gasteiger partial charge in [-0.2, -0.15) is 13.2 Å². The first-order valence-corrected chi connectivity index (χ1v) is 7.02. The summed E-state index contributed by atoms with van der Waals surface area (Å²) in [4.78, 5) is 0. The van der Waals surface area contributed by atoms with Crippen molar-refractivity contribution in [3.63, 3.8) is 0 Å². The Morgan fingerprint density at radius 3 is 2.38 bits per heavy atom. The van der Waals surface area contributed by atoms with Crippen LogP contribution in [-0.4, -0.2) is 24.4 Å². The molecule has 0 amide bonds. The SMILES string of the molecule is OCC(NCC1(C(F)(F)F)CC1)c1c(Cl)ccc(F)c1Cl. The van der Waals surface area contributed by atoms with Gasteiger partial charge in [-0.3, -0.25) is 0 Å². The minimum absolute atomic E-state index is 0.0340. The van der Waals surface area contributed by atoms with Crippen molar-refractivity contribution in [3.8, 4) is 0 Å². The van der Waals surface area contributed by atoms with Crippen LogP contribution in [0.2, 0.25) is 10.0 Å². The molecule has 0 saturated heterocycles. The normalized spacial score (nSPS) is 18.6. The molecule has 0 bridgehead atoms. The summed E-state index contributed by atoms with van der Waals surface area (Å²) in [6.45, 7) is -0.915. The van der Waals surface area contributed by atoms with Crippen molar-refractivity contribution >= 4 is 23.2 Å². The van der Waals surface area contributed by atoms with Crippen LogP contribution in [0.5, 0.6) is 0 Å². The third-order valence-corrected chi connectivity index (χ3v) is 4.47. The van der Waals surface area contributed by atoms with Crippen LogP contribution >= 0.6 is 23.2 Å². The molecule has 2 nitrogen and oxygen atoms in total. The van der Waals surface area contributed by atoms with E-state index in [4.69, 9.17) is 23.2 Å². The van der Waals surface area contributed by atoms with E-state index in [1.165, 1.54) is 6.07 Å². The summed E-state index contributed by atoms with van der Waals surface area (Å²) in [5.41, 5.74) is -1.70. The maximum Gasteiger partial charge on any atom is 0.395 e. The molecule has 0 radical (unpaired) electrons. The van der Waals surface area contributed by atoms with E-state index in [9.17, 15) is 22.7 Å². The highest BCUT2D eigenvalue weighted by Gasteiger charge is 2.62. The highest BCUT2D eigenvalue weighted by molar-refractivity contribution is 6.36. The molecule has 21 heavy (non-hydrogen) atoms. The molecule has 0 spiro atoms. The van der Waals surface area contributed by atoms with Gasteiger partial charge >= 0.3 is 6.18 Å². The number of rotatable bonds is 5. The number of alkyl halides is 3. The molecule has 1 aliphatic carbocycles. The van der Waals surface area contributed by atoms with Gasteiger partial charge in [0, 0.05) is 17.1 Å². The molecule has 0 heterocycles. The molecule has 118 valence electrons. The van der Waals surface area contributed by atoms with Crippen LogP contribution < -0.4 is 5.32 Å². The highest BCUT2D eigenvalue weighted by atomic mass is 35.5. The number of nitrogens with one attached hydrogen (secondary N) is 1. The van der Waals surface area contributed by atoms with Gasteiger partial charge in [0.2, 0.25) is 0 Å². The Kier molecular flexibility index (Phi) is 4.73. The van der Waals surface area contributed by atoms with Gasteiger partial charge in [0.1, 0.15) is 5.82 Å². The molecule has 0 aliphatic heterocycles. The molecule has 8 heteroatoms. The quantitative estimate of drug-likeness (QED) is 0.622. The van der Waals surface area contributed by atoms with E-state index in [-0.39, 0.29) is 35.0 Å². The van der Waals surface area contributed by atoms with Crippen molar-refractivity contribution in [2.45, 2.75) is 25.1 Å². The molecule has 1 fully saturated rings. The fourth-order valence-electron chi connectivity index (χ4n) is 2.15. The smallest absolute Gasteiger partial charge is 0.394 e. The number of benzene rings is 1. The summed E-state index contributed by atoms with van der Waals surface area (Å²) >= 11 is 11.7. The topological polar surface area (TPSA) is 32.3 Å². The van der Waals surface area contributed by atoms with E-state index in [2.05, 4.69) is 5.32 Å². The van der Waals surface area contributed by atoms with Gasteiger partial charge in [-0.05, 0) is 25.0 Å². The van der Waals surface area contributed by atoms with Gasteiger partial charge in [-0.1, -0.05) is 23.2 Å². The predicted molar refractivity (Wildman–Crippen MR) is 72.0 cm³/mol. The fourth-order valence-corrected chi connectivity index (χ4v) is 2.78. The average Bonchev–Trinajstić information content (AvgIpc) is 3.18. The predicted octanol–water partition coefficient (Wildman–Crippen LogP) is 4.10. The third-order valence-electron chi connectivity index (χ3n) is 3.75. The van der Waals surface area contributed by atoms with Gasteiger partial charge in [-0.15, -0.1) is 0 Å². The third kappa shape index (κ3) is 3.28. The molecule has 1 aliphatic rings. The van der Waals surface area contributed by atoms with Gasteiger partial charge in [-0.25, -0.2) is 4.39 Å². The molecule has 1 atom stereocenters. The lowest BCUT2D eigenvalue weighted by atomic mass is 10.0. The number of hydrogen-bond donors (Lipinski definition) is 2. The molecule has 2 N–H and O–H groups in total. The second-order valence-electron chi connectivity index (χ2n) is 5.15. The van der Waals surface area contributed by atoms with Crippen LogP contribution in [0.3, 0.4) is 0 Å². The molecule has 1 saturated carbocycles. The lowest BCUT2D eigenvalue weighted by Gasteiger charge is -2.25. The van der Waals surface area contributed by atoms with Crippen molar-refractivity contribution < 1.29 is 22.7 Å². The van der Waals surface area contributed by atoms with Crippen LogP contribution in [0.4, 0.5) is 17.6 Å². The van der Waals surface area contributed by atoms with E-state index >= 15 is 0 Å². The summed E-state index contributed by atoms with van der Waals surface area (Å²) in [5.74, 6) is -0.742. The Hall–Kier alpha value is -0.560. The van der Waals surface area contributed by atoms with E-state index in [1.54, 1.807) is 0 Å². The second kappa shape index (κ2) is 5.91. The molecule has 1 aromatic rings. The number of aliphatic hydroxyl groups excluding tert-OH is 1. The van der Waals surface area contributed by atoms with Gasteiger partial charge < -0.3 is 10.4 Å². The summed E-state index contributed by atoms with van der Waals surface area (Å²) in [7, 11) is 0. The summed E-state index contributed by atoms with van der Waals surface area (Å²) in [6, 6.07) is 1.35. The zero-order chi connectivity index (χ0) is 15.8. The number of aliphatic hydroxyl groups is 1. The maximum absolute atomic E-state index is 13.5. The van der Waals surface area contributed by atoms with E-state index < -0.39 is 30.1 Å². The first-order valence-electron chi connectivity index (χ1n) is 6.26. The van der Waals surface area contributed by atoms with Crippen LogP contribution in [0, 0.1) is 11.2 Å². The summed E-state index contributed by atoms with van der Waals surface area (Å²) in [5, 5.41) is 11.7. The summed E-state index contributed by atoms with van der Waals surface area (Å²) < 4.78 is 52.0. The second-order valence-corrected chi connectivity index (χ2v) is 5.94. The Morgan fingerprint density at radius 2 is 1.90 bits per heavy atom. The van der Waals surface area contributed by atoms with Crippen LogP contribution in [0.25, 0.3) is 0 Å². The maximum atomic E-state index is 13.5. The van der Waals surface area contributed by atoms with Crippen molar-refractivity contribution in [2.24, 2.45) is 5.41 Å². The van der Waals surface area contributed by atoms with Crippen LogP contribution in [-0.2, 0) is 0 Å². The van der Waals surface area contributed by atoms with Crippen molar-refractivity contribution in [1.82, 2.24) is 5.32 Å². The van der Waals surface area contributed by atoms with Gasteiger partial charge in [0.15, 0.2) is 0 Å². The molecular formula is C13H13Cl2F4NO. The minimum atomic E-state index is -4.31. The van der Waals surface area contributed by atoms with E-state index in [1.807, 2.05) is 0 Å². The number of hydrogen-bond acceptors (Lipinski definition) is 2. The monoisotopic (exact) mass is 345 g/mol. The Morgan fingerprint density at radius 1 is 1.29 bits per heavy atom. The van der Waals surface area contributed by atoms with Crippen LogP contribution in [0.15, 0.2) is 12.1 Å². The molecular weight excluding hydrogens is 333 g/mol. The molecule has 2 rings (SSSR count). The number of halogens is 6. The molecule has 1 aromatic carbocycles. The standard InChI is InChI=1S/C13H13Cl2F4NO/c14-7-1-2-8(16)11(15)10(7)9(5-21)20-6-12(3-4-12)13(17,18)19/h1-2,9,20-21H,3-6H2. The largest absolute Gasteiger partial charge is 0.395 e. The van der Waals surface area contributed by atoms with Crippen molar-refractivity contribution in [1.29, 1.82) is 0 Å². The van der Waals surface area contributed by atoms with Crippen LogP contribution in [0.1, 0.15) is 24.4 Å². The Balaban J connectivity index is 2.17. The fraction of sp³-hybridized carbons (Fsp3) is 0.538. The van der Waals surface area contributed by atoms with Gasteiger partial charge in [0.25, 0.3) is 0 Å². The lowest BCUT2D eigenvalue weighted by Crippen LogP contribution is -2.38. The molecule has 0 aromatic heterocycles. The Labute approximate surface area is 129 Å². The van der Waals surface area contributed by atoms with E-state index in [0.717, 1.165) is 6.07 Å². The first kappa shape index (κ1) is 16.8. The average molecular weight is 346 g/mol. The minimum Gasteiger partial charge on any atom is -0.394 e. The lowest BCUT2D eigenvalue weighted by molar-refractivity contribution is -0.186. The van der Waals surface area contributed by atoms with Crippen molar-refractivity contribution in [2.75, 3.05) is 13.2 Å². The van der Waals surface area contributed by atoms with Crippen molar-refractivity contribution in [3.05, 3.63) is 33.6 Å². The first-order chi connectivity index (χ1) is 9.72. The molecule has 1 unspecified atom stereocenters. The zero-order valence-corrected chi connectivity index (χ0v) is 12.3.